The molecule has 0 aromatic carbocycles. The Morgan fingerprint density at radius 1 is 1.31 bits per heavy atom. The van der Waals surface area contributed by atoms with E-state index in [1.54, 1.807) is 6.07 Å². The Balaban J connectivity index is 2.46. The summed E-state index contributed by atoms with van der Waals surface area (Å²) < 4.78 is 4.85. The molecule has 13 heavy (non-hydrogen) atoms. The van der Waals surface area contributed by atoms with Crippen molar-refractivity contribution in [2.24, 2.45) is 0 Å². The Kier molecular flexibility index (Phi) is 1.98. The van der Waals surface area contributed by atoms with E-state index in [1.807, 2.05) is 19.1 Å². The third-order valence-electron chi connectivity index (χ3n) is 1.51. The molecule has 0 aliphatic carbocycles. The van der Waals surface area contributed by atoms with Crippen LogP contribution in [0.5, 0.6) is 0 Å². The van der Waals surface area contributed by atoms with Crippen molar-refractivity contribution in [3.05, 3.63) is 29.2 Å². The molecule has 0 bridgehead atoms. The van der Waals surface area contributed by atoms with Crippen LogP contribution in [0.1, 0.15) is 5.69 Å². The molecule has 0 N–H and O–H groups in total. The van der Waals surface area contributed by atoms with Gasteiger partial charge in [-0.25, -0.2) is 4.98 Å². The second-order valence-electron chi connectivity index (χ2n) is 2.53. The lowest BCUT2D eigenvalue weighted by Gasteiger charge is -1.93. The Morgan fingerprint density at radius 3 is 2.77 bits per heavy atom. The van der Waals surface area contributed by atoms with Gasteiger partial charge in [-0.3, -0.25) is 0 Å². The Bertz CT molecular complexity index is 427. The van der Waals surface area contributed by atoms with Gasteiger partial charge in [0, 0.05) is 5.69 Å². The SMILES string of the molecule is Cc1cccc(-c2nc(Cl)no2)n1. The zero-order valence-corrected chi connectivity index (χ0v) is 7.62. The fourth-order valence-corrected chi connectivity index (χ4v) is 1.08. The smallest absolute Gasteiger partial charge is 0.277 e. The molecule has 0 aliphatic heterocycles. The summed E-state index contributed by atoms with van der Waals surface area (Å²) in [6, 6.07) is 5.55. The molecule has 0 saturated heterocycles. The second-order valence-corrected chi connectivity index (χ2v) is 2.87. The van der Waals surface area contributed by atoms with Gasteiger partial charge in [-0.05, 0) is 35.8 Å². The van der Waals surface area contributed by atoms with E-state index >= 15 is 0 Å². The van der Waals surface area contributed by atoms with Gasteiger partial charge >= 0.3 is 0 Å². The van der Waals surface area contributed by atoms with Crippen LogP contribution < -0.4 is 0 Å². The zero-order valence-electron chi connectivity index (χ0n) is 6.86. The van der Waals surface area contributed by atoms with Crippen molar-refractivity contribution in [3.63, 3.8) is 0 Å². The van der Waals surface area contributed by atoms with Gasteiger partial charge in [-0.15, -0.1) is 0 Å². The van der Waals surface area contributed by atoms with E-state index in [0.717, 1.165) is 5.69 Å². The zero-order chi connectivity index (χ0) is 9.26. The van der Waals surface area contributed by atoms with Gasteiger partial charge in [0.15, 0.2) is 0 Å². The molecule has 5 heteroatoms. The third kappa shape index (κ3) is 1.67. The van der Waals surface area contributed by atoms with Crippen LogP contribution in [0.25, 0.3) is 11.6 Å². The molecule has 0 spiro atoms. The summed E-state index contributed by atoms with van der Waals surface area (Å²) in [6.07, 6.45) is 0. The number of rotatable bonds is 1. The molecule has 0 radical (unpaired) electrons. The lowest BCUT2D eigenvalue weighted by Crippen LogP contribution is -1.85. The standard InChI is InChI=1S/C8H6ClN3O/c1-5-3-2-4-6(10-5)7-11-8(9)12-13-7/h2-4H,1H3. The number of halogens is 1. The first kappa shape index (κ1) is 8.19. The maximum Gasteiger partial charge on any atom is 0.277 e. The maximum atomic E-state index is 5.51. The molecule has 4 nitrogen and oxygen atoms in total. The van der Waals surface area contributed by atoms with Crippen LogP contribution in [0, 0.1) is 6.92 Å². The molecular weight excluding hydrogens is 190 g/mol. The highest BCUT2D eigenvalue weighted by Gasteiger charge is 2.07. The van der Waals surface area contributed by atoms with Gasteiger partial charge in [-0.1, -0.05) is 6.07 Å². The van der Waals surface area contributed by atoms with Gasteiger partial charge < -0.3 is 4.52 Å². The minimum atomic E-state index is 0.0957. The first-order valence-electron chi connectivity index (χ1n) is 3.69. The highest BCUT2D eigenvalue weighted by atomic mass is 35.5. The van der Waals surface area contributed by atoms with Gasteiger partial charge in [0.25, 0.3) is 11.2 Å². The number of aromatic nitrogens is 3. The van der Waals surface area contributed by atoms with Crippen molar-refractivity contribution in [1.29, 1.82) is 0 Å². The number of hydrogen-bond donors (Lipinski definition) is 0. The van der Waals surface area contributed by atoms with E-state index in [1.165, 1.54) is 0 Å². The lowest BCUT2D eigenvalue weighted by atomic mass is 10.3. The predicted octanol–water partition coefficient (Wildman–Crippen LogP) is 2.09. The molecule has 2 aromatic heterocycles. The predicted molar refractivity (Wildman–Crippen MR) is 47.3 cm³/mol. The van der Waals surface area contributed by atoms with E-state index < -0.39 is 0 Å². The fourth-order valence-electron chi connectivity index (χ4n) is 0.972. The van der Waals surface area contributed by atoms with Crippen molar-refractivity contribution in [2.75, 3.05) is 0 Å². The first-order chi connectivity index (χ1) is 6.25. The highest BCUT2D eigenvalue weighted by molar-refractivity contribution is 6.28. The molecule has 0 fully saturated rings. The summed E-state index contributed by atoms with van der Waals surface area (Å²) in [4.78, 5) is 8.05. The summed E-state index contributed by atoms with van der Waals surface area (Å²) in [5.74, 6) is 0.341. The van der Waals surface area contributed by atoms with E-state index in [9.17, 15) is 0 Å². The van der Waals surface area contributed by atoms with E-state index in [2.05, 4.69) is 15.1 Å². The molecule has 0 aliphatic rings. The normalized spacial score (nSPS) is 10.3. The van der Waals surface area contributed by atoms with Crippen molar-refractivity contribution in [2.45, 2.75) is 6.92 Å². The summed E-state index contributed by atoms with van der Waals surface area (Å²) >= 11 is 5.51. The molecule has 2 heterocycles. The fraction of sp³-hybridized carbons (Fsp3) is 0.125. The van der Waals surface area contributed by atoms with Crippen LogP contribution in [0.2, 0.25) is 5.28 Å². The molecule has 0 atom stereocenters. The Labute approximate surface area is 79.6 Å². The molecular formula is C8H6ClN3O. The lowest BCUT2D eigenvalue weighted by molar-refractivity contribution is 0.429. The van der Waals surface area contributed by atoms with Crippen molar-refractivity contribution in [3.8, 4) is 11.6 Å². The Morgan fingerprint density at radius 2 is 2.15 bits per heavy atom. The van der Waals surface area contributed by atoms with E-state index in [-0.39, 0.29) is 5.28 Å². The number of hydrogen-bond acceptors (Lipinski definition) is 4. The number of pyridine rings is 1. The summed E-state index contributed by atoms with van der Waals surface area (Å²) in [6.45, 7) is 1.89. The van der Waals surface area contributed by atoms with Gasteiger partial charge in [-0.2, -0.15) is 4.98 Å². The third-order valence-corrected chi connectivity index (χ3v) is 1.66. The highest BCUT2D eigenvalue weighted by Crippen LogP contribution is 2.15. The van der Waals surface area contributed by atoms with Crippen molar-refractivity contribution < 1.29 is 4.52 Å². The summed E-state index contributed by atoms with van der Waals surface area (Å²) in [5.41, 5.74) is 1.53. The van der Waals surface area contributed by atoms with Crippen LogP contribution in [0.4, 0.5) is 0 Å². The van der Waals surface area contributed by atoms with Crippen LogP contribution in [0.3, 0.4) is 0 Å². The van der Waals surface area contributed by atoms with E-state index in [0.29, 0.717) is 11.6 Å². The Hall–Kier alpha value is -1.42. The van der Waals surface area contributed by atoms with Crippen LogP contribution >= 0.6 is 11.6 Å². The minimum absolute atomic E-state index is 0.0957. The number of aryl methyl sites for hydroxylation is 1. The molecule has 0 saturated carbocycles. The summed E-state index contributed by atoms with van der Waals surface area (Å²) in [5, 5.41) is 3.56. The molecule has 2 rings (SSSR count). The molecule has 2 aromatic rings. The first-order valence-corrected chi connectivity index (χ1v) is 4.07. The molecule has 66 valence electrons. The van der Waals surface area contributed by atoms with Gasteiger partial charge in [0.2, 0.25) is 0 Å². The topological polar surface area (TPSA) is 51.8 Å². The minimum Gasteiger partial charge on any atom is -0.331 e. The van der Waals surface area contributed by atoms with Crippen molar-refractivity contribution in [1.82, 2.24) is 15.1 Å². The monoisotopic (exact) mass is 195 g/mol. The van der Waals surface area contributed by atoms with Crippen LogP contribution in [-0.2, 0) is 0 Å². The number of nitrogens with zero attached hydrogens (tertiary/aromatic N) is 3. The molecule has 0 amide bonds. The van der Waals surface area contributed by atoms with Gasteiger partial charge in [0.05, 0.1) is 0 Å². The second kappa shape index (κ2) is 3.14. The van der Waals surface area contributed by atoms with Gasteiger partial charge in [0.1, 0.15) is 5.69 Å². The van der Waals surface area contributed by atoms with Crippen LogP contribution in [0.15, 0.2) is 22.7 Å². The van der Waals surface area contributed by atoms with E-state index in [4.69, 9.17) is 16.1 Å². The van der Waals surface area contributed by atoms with Crippen molar-refractivity contribution >= 4 is 11.6 Å². The largest absolute Gasteiger partial charge is 0.331 e. The average Bonchev–Trinajstić information content (AvgIpc) is 2.52. The average molecular weight is 196 g/mol. The quantitative estimate of drug-likeness (QED) is 0.699. The maximum absolute atomic E-state index is 5.51. The summed E-state index contributed by atoms with van der Waals surface area (Å²) in [7, 11) is 0. The van der Waals surface area contributed by atoms with Crippen LogP contribution in [-0.4, -0.2) is 15.1 Å². The molecule has 0 unspecified atom stereocenters.